The summed E-state index contributed by atoms with van der Waals surface area (Å²) in [6.45, 7) is 4.71. The average Bonchev–Trinajstić information content (AvgIpc) is 3.01. The Balaban J connectivity index is 1.54. The number of aliphatic hydroxyl groups is 1. The highest BCUT2D eigenvalue weighted by atomic mass is 19.1. The van der Waals surface area contributed by atoms with Crippen molar-refractivity contribution in [3.8, 4) is 6.07 Å². The van der Waals surface area contributed by atoms with Gasteiger partial charge in [-0.2, -0.15) is 10.4 Å². The molecule has 2 aromatic rings. The van der Waals surface area contributed by atoms with Crippen LogP contribution in [-0.2, 0) is 26.1 Å². The lowest BCUT2D eigenvalue weighted by Gasteiger charge is -2.28. The van der Waals surface area contributed by atoms with Crippen molar-refractivity contribution in [2.75, 3.05) is 25.5 Å². The second-order valence-corrected chi connectivity index (χ2v) is 8.48. The summed E-state index contributed by atoms with van der Waals surface area (Å²) in [4.78, 5) is 16.5. The highest BCUT2D eigenvalue weighted by Gasteiger charge is 2.32. The summed E-state index contributed by atoms with van der Waals surface area (Å²) in [6, 6.07) is 3.02. The van der Waals surface area contributed by atoms with E-state index in [2.05, 4.69) is 10.2 Å². The quantitative estimate of drug-likeness (QED) is 0.758. The fraction of sp³-hybridized carbons (Fsp3) is 0.500. The van der Waals surface area contributed by atoms with Gasteiger partial charge in [-0.15, -0.1) is 0 Å². The number of halogens is 2. The molecule has 2 amide bonds. The summed E-state index contributed by atoms with van der Waals surface area (Å²) in [6.07, 6.45) is 0.829. The van der Waals surface area contributed by atoms with E-state index in [0.717, 1.165) is 35.6 Å². The number of nitriles is 1. The minimum absolute atomic E-state index is 0.0720. The number of urea groups is 1. The highest BCUT2D eigenvalue weighted by Crippen LogP contribution is 2.28. The van der Waals surface area contributed by atoms with Gasteiger partial charge >= 0.3 is 6.03 Å². The molecule has 170 valence electrons. The number of amides is 2. The molecule has 1 aromatic heterocycles. The SMILES string of the molecule is CC[C@H](O)[C@@H]1CN(C)Cc2c3c(nn2C1)CCN(C(=O)Nc1ccc(F)c(C#N)c1F)C3. The van der Waals surface area contributed by atoms with Crippen molar-refractivity contribution >= 4 is 11.7 Å². The lowest BCUT2D eigenvalue weighted by molar-refractivity contribution is 0.0758. The molecule has 3 heterocycles. The number of carbonyl (C=O) groups excluding carboxylic acids is 1. The third-order valence-corrected chi connectivity index (χ3v) is 6.28. The zero-order valence-electron chi connectivity index (χ0n) is 18.1. The van der Waals surface area contributed by atoms with E-state index in [1.807, 2.05) is 18.7 Å². The zero-order valence-corrected chi connectivity index (χ0v) is 18.1. The number of anilines is 1. The molecule has 2 atom stereocenters. The van der Waals surface area contributed by atoms with Crippen LogP contribution in [0, 0.1) is 28.9 Å². The number of carbonyl (C=O) groups is 1. The van der Waals surface area contributed by atoms with Gasteiger partial charge in [0.05, 0.1) is 29.7 Å². The summed E-state index contributed by atoms with van der Waals surface area (Å²) in [5, 5.41) is 26.5. The summed E-state index contributed by atoms with van der Waals surface area (Å²) in [7, 11) is 2.00. The van der Waals surface area contributed by atoms with Crippen LogP contribution >= 0.6 is 0 Å². The minimum atomic E-state index is -1.08. The third kappa shape index (κ3) is 4.06. The molecule has 1 aromatic carbocycles. The number of rotatable bonds is 3. The van der Waals surface area contributed by atoms with Crippen LogP contribution in [0.25, 0.3) is 0 Å². The van der Waals surface area contributed by atoms with Gasteiger partial charge in [0.15, 0.2) is 5.82 Å². The van der Waals surface area contributed by atoms with E-state index in [4.69, 9.17) is 10.4 Å². The van der Waals surface area contributed by atoms with Crippen LogP contribution in [-0.4, -0.2) is 57.0 Å². The smallest absolute Gasteiger partial charge is 0.322 e. The Morgan fingerprint density at radius 2 is 2.16 bits per heavy atom. The molecule has 2 N–H and O–H groups in total. The average molecular weight is 444 g/mol. The topological polar surface area (TPSA) is 97.4 Å². The summed E-state index contributed by atoms with van der Waals surface area (Å²) < 4.78 is 29.9. The number of hydrogen-bond donors (Lipinski definition) is 2. The Hall–Kier alpha value is -3.03. The van der Waals surface area contributed by atoms with Crippen LogP contribution in [0.1, 0.15) is 35.9 Å². The first-order valence-corrected chi connectivity index (χ1v) is 10.7. The minimum Gasteiger partial charge on any atom is -0.393 e. The maximum Gasteiger partial charge on any atom is 0.322 e. The maximum absolute atomic E-state index is 14.4. The van der Waals surface area contributed by atoms with Crippen molar-refractivity contribution in [1.82, 2.24) is 19.6 Å². The third-order valence-electron chi connectivity index (χ3n) is 6.28. The lowest BCUT2D eigenvalue weighted by atomic mass is 10.0. The van der Waals surface area contributed by atoms with Gasteiger partial charge in [0.1, 0.15) is 17.4 Å². The van der Waals surface area contributed by atoms with Crippen LogP contribution < -0.4 is 5.32 Å². The molecule has 0 radical (unpaired) electrons. The predicted octanol–water partition coefficient (Wildman–Crippen LogP) is 2.46. The number of hydrogen-bond acceptors (Lipinski definition) is 5. The normalized spacial score (nSPS) is 19.5. The van der Waals surface area contributed by atoms with Gasteiger partial charge < -0.3 is 20.2 Å². The molecule has 0 bridgehead atoms. The van der Waals surface area contributed by atoms with E-state index >= 15 is 0 Å². The second-order valence-electron chi connectivity index (χ2n) is 8.48. The molecule has 0 spiro atoms. The molecule has 4 rings (SSSR count). The van der Waals surface area contributed by atoms with E-state index in [1.165, 1.54) is 6.07 Å². The molecule has 0 fully saturated rings. The summed E-state index contributed by atoms with van der Waals surface area (Å²) >= 11 is 0. The predicted molar refractivity (Wildman–Crippen MR) is 113 cm³/mol. The zero-order chi connectivity index (χ0) is 23.0. The van der Waals surface area contributed by atoms with E-state index in [0.29, 0.717) is 39.0 Å². The van der Waals surface area contributed by atoms with Crippen molar-refractivity contribution in [2.45, 2.75) is 45.5 Å². The molecule has 2 aliphatic heterocycles. The van der Waals surface area contributed by atoms with Crippen molar-refractivity contribution in [1.29, 1.82) is 5.26 Å². The first kappa shape index (κ1) is 22.2. The molecule has 32 heavy (non-hydrogen) atoms. The van der Waals surface area contributed by atoms with Crippen molar-refractivity contribution in [3.05, 3.63) is 46.3 Å². The maximum atomic E-state index is 14.4. The summed E-state index contributed by atoms with van der Waals surface area (Å²) in [5.41, 5.74) is 1.97. The Morgan fingerprint density at radius 1 is 1.38 bits per heavy atom. The molecule has 0 saturated carbocycles. The number of benzene rings is 1. The Labute approximate surface area is 185 Å². The fourth-order valence-corrected chi connectivity index (χ4v) is 4.51. The monoisotopic (exact) mass is 444 g/mol. The first-order valence-electron chi connectivity index (χ1n) is 10.7. The van der Waals surface area contributed by atoms with Gasteiger partial charge in [-0.3, -0.25) is 4.68 Å². The van der Waals surface area contributed by atoms with Gasteiger partial charge in [0.25, 0.3) is 0 Å². The van der Waals surface area contributed by atoms with Gasteiger partial charge in [-0.25, -0.2) is 13.6 Å². The molecule has 10 heteroatoms. The van der Waals surface area contributed by atoms with Gasteiger partial charge in [0, 0.05) is 44.1 Å². The Kier molecular flexibility index (Phi) is 6.13. The van der Waals surface area contributed by atoms with Crippen LogP contribution in [0.15, 0.2) is 12.1 Å². The van der Waals surface area contributed by atoms with Crippen molar-refractivity contribution in [2.24, 2.45) is 5.92 Å². The van der Waals surface area contributed by atoms with Crippen LogP contribution in [0.2, 0.25) is 0 Å². The van der Waals surface area contributed by atoms with Crippen molar-refractivity contribution < 1.29 is 18.7 Å². The molecule has 0 saturated heterocycles. The van der Waals surface area contributed by atoms with Gasteiger partial charge in [0.2, 0.25) is 0 Å². The van der Waals surface area contributed by atoms with Crippen LogP contribution in [0.5, 0.6) is 0 Å². The number of aromatic nitrogens is 2. The molecule has 0 unspecified atom stereocenters. The largest absolute Gasteiger partial charge is 0.393 e. The van der Waals surface area contributed by atoms with Gasteiger partial charge in [-0.05, 0) is 25.6 Å². The number of nitrogens with zero attached hydrogens (tertiary/aromatic N) is 5. The van der Waals surface area contributed by atoms with E-state index in [9.17, 15) is 18.7 Å². The second kappa shape index (κ2) is 8.84. The van der Waals surface area contributed by atoms with E-state index in [-0.39, 0.29) is 11.6 Å². The van der Waals surface area contributed by atoms with E-state index < -0.39 is 29.3 Å². The molecular formula is C22H26F2N6O2. The van der Waals surface area contributed by atoms with Crippen molar-refractivity contribution in [3.63, 3.8) is 0 Å². The standard InChI is InChI=1S/C22H26F2N6O2/c1-3-20(31)13-9-28(2)12-19-15-11-29(7-6-17(15)27-30(19)10-13)22(32)26-18-5-4-16(23)14(8-25)21(18)24/h4-5,13,20,31H,3,6-7,9-12H2,1-2H3,(H,26,32)/t13-,20+/m1/s1. The number of aliphatic hydroxyl groups excluding tert-OH is 1. The Morgan fingerprint density at radius 3 is 2.88 bits per heavy atom. The van der Waals surface area contributed by atoms with Crippen LogP contribution in [0.4, 0.5) is 19.3 Å². The fourth-order valence-electron chi connectivity index (χ4n) is 4.51. The molecule has 2 aliphatic rings. The molecule has 8 nitrogen and oxygen atoms in total. The van der Waals surface area contributed by atoms with Crippen LogP contribution in [0.3, 0.4) is 0 Å². The van der Waals surface area contributed by atoms with Gasteiger partial charge in [-0.1, -0.05) is 6.92 Å². The highest BCUT2D eigenvalue weighted by molar-refractivity contribution is 5.89. The number of fused-ring (bicyclic) bond motifs is 3. The molecule has 0 aliphatic carbocycles. The lowest BCUT2D eigenvalue weighted by Crippen LogP contribution is -2.39. The number of nitrogens with one attached hydrogen (secondary N) is 1. The Bertz CT molecular complexity index is 1080. The van der Waals surface area contributed by atoms with E-state index in [1.54, 1.807) is 4.90 Å². The molecular weight excluding hydrogens is 418 g/mol. The summed E-state index contributed by atoms with van der Waals surface area (Å²) in [5.74, 6) is -1.98. The first-order chi connectivity index (χ1) is 15.3.